The fourth-order valence-electron chi connectivity index (χ4n) is 5.31. The van der Waals surface area contributed by atoms with E-state index in [1.54, 1.807) is 0 Å². The highest BCUT2D eigenvalue weighted by Gasteiger charge is 2.46. The van der Waals surface area contributed by atoms with Gasteiger partial charge >= 0.3 is 0 Å². The minimum Gasteiger partial charge on any atom is -0.224 e. The van der Waals surface area contributed by atoms with Crippen LogP contribution in [0.2, 0.25) is 0 Å². The van der Waals surface area contributed by atoms with Crippen LogP contribution in [0.15, 0.2) is 73.8 Å². The van der Waals surface area contributed by atoms with E-state index in [0.29, 0.717) is 0 Å². The van der Waals surface area contributed by atoms with Gasteiger partial charge in [0.15, 0.2) is 0 Å². The first kappa shape index (κ1) is 21.1. The number of fused-ring (bicyclic) bond motifs is 2. The Kier molecular flexibility index (Phi) is 6.55. The van der Waals surface area contributed by atoms with Crippen LogP contribution in [0.3, 0.4) is 0 Å². The van der Waals surface area contributed by atoms with Gasteiger partial charge in [-0.05, 0) is 86.5 Å². The molecule has 4 rings (SSSR count). The second-order valence-corrected chi connectivity index (χ2v) is 8.83. The van der Waals surface area contributed by atoms with Crippen LogP contribution in [0, 0.1) is 0 Å². The highest BCUT2D eigenvalue weighted by Crippen LogP contribution is 2.49. The fraction of sp³-hybridized carbons (Fsp3) is 0.429. The van der Waals surface area contributed by atoms with Crippen LogP contribution in [0.1, 0.15) is 73.6 Å². The Labute approximate surface area is 181 Å². The normalized spacial score (nSPS) is 24.4. The third kappa shape index (κ3) is 4.04. The summed E-state index contributed by atoms with van der Waals surface area (Å²) < 4.78 is 0. The molecule has 2 aliphatic rings. The minimum atomic E-state index is -0.359. The molecule has 0 N–H and O–H groups in total. The number of hydrogen-bond acceptors (Lipinski definition) is 2. The first-order valence-corrected chi connectivity index (χ1v) is 11.5. The topological polar surface area (TPSA) is 18.5 Å². The maximum Gasteiger partial charge on any atom is 0.129 e. The van der Waals surface area contributed by atoms with Gasteiger partial charge in [0.2, 0.25) is 0 Å². The predicted octanol–water partition coefficient (Wildman–Crippen LogP) is 7.33. The quantitative estimate of drug-likeness (QED) is 0.169. The summed E-state index contributed by atoms with van der Waals surface area (Å²) in [7, 11) is 0. The second-order valence-electron chi connectivity index (χ2n) is 8.83. The highest BCUT2D eigenvalue weighted by molar-refractivity contribution is 5.38. The molecule has 2 aliphatic carbocycles. The van der Waals surface area contributed by atoms with Crippen molar-refractivity contribution >= 4 is 0 Å². The summed E-state index contributed by atoms with van der Waals surface area (Å²) in [6.07, 6.45) is 14.1. The first-order chi connectivity index (χ1) is 14.7. The van der Waals surface area contributed by atoms with Gasteiger partial charge in [-0.3, -0.25) is 0 Å². The van der Waals surface area contributed by atoms with E-state index in [9.17, 15) is 0 Å². The van der Waals surface area contributed by atoms with Crippen LogP contribution in [-0.4, -0.2) is 0 Å². The van der Waals surface area contributed by atoms with E-state index in [0.717, 1.165) is 64.2 Å². The lowest BCUT2D eigenvalue weighted by Crippen LogP contribution is -2.35. The summed E-state index contributed by atoms with van der Waals surface area (Å²) in [5, 5.41) is 0. The van der Waals surface area contributed by atoms with E-state index in [2.05, 4.69) is 61.7 Å². The van der Waals surface area contributed by atoms with E-state index >= 15 is 0 Å². The summed E-state index contributed by atoms with van der Waals surface area (Å²) in [6.45, 7) is 7.80. The van der Waals surface area contributed by atoms with Gasteiger partial charge < -0.3 is 0 Å². The minimum absolute atomic E-state index is 0.359. The van der Waals surface area contributed by atoms with Gasteiger partial charge in [0.05, 0.1) is 0 Å². The van der Waals surface area contributed by atoms with Crippen LogP contribution < -0.4 is 0 Å². The van der Waals surface area contributed by atoms with Gasteiger partial charge in [-0.1, -0.05) is 60.7 Å². The van der Waals surface area contributed by atoms with Gasteiger partial charge in [0.25, 0.3) is 0 Å². The Morgan fingerprint density at radius 3 is 1.57 bits per heavy atom. The Balaban J connectivity index is 1.61. The molecule has 0 bridgehead atoms. The smallest absolute Gasteiger partial charge is 0.129 e. The fourth-order valence-corrected chi connectivity index (χ4v) is 5.31. The number of rotatable bonds is 11. The van der Waals surface area contributed by atoms with Crippen molar-refractivity contribution in [1.29, 1.82) is 0 Å². The van der Waals surface area contributed by atoms with Crippen molar-refractivity contribution in [3.05, 3.63) is 96.1 Å². The van der Waals surface area contributed by atoms with Crippen LogP contribution >= 0.6 is 0 Å². The molecule has 0 saturated heterocycles. The lowest BCUT2D eigenvalue weighted by molar-refractivity contribution is -0.426. The van der Waals surface area contributed by atoms with Crippen molar-refractivity contribution in [2.75, 3.05) is 0 Å². The first-order valence-electron chi connectivity index (χ1n) is 11.5. The monoisotopic (exact) mass is 402 g/mol. The van der Waals surface area contributed by atoms with Gasteiger partial charge in [-0.2, -0.15) is 0 Å². The molecule has 0 saturated carbocycles. The molecule has 0 spiro atoms. The van der Waals surface area contributed by atoms with Crippen molar-refractivity contribution in [1.82, 2.24) is 0 Å². The lowest BCUT2D eigenvalue weighted by Gasteiger charge is -2.36. The number of aryl methyl sites for hydroxylation is 2. The standard InChI is InChI=1S/C28H34O2/c1-3-5-11-19-27(21-17-23-13-7-9-15-25(23)27)29-30-28(20-12-6-4-2)22-18-24-14-8-10-16-26(24)28/h3-4,7-10,13-16H,1-2,5-6,11-12,17-22H2. The van der Waals surface area contributed by atoms with Crippen LogP contribution in [0.5, 0.6) is 0 Å². The maximum absolute atomic E-state index is 6.58. The van der Waals surface area contributed by atoms with E-state index in [-0.39, 0.29) is 11.2 Å². The van der Waals surface area contributed by atoms with Crippen molar-refractivity contribution < 1.29 is 9.78 Å². The molecular weight excluding hydrogens is 368 g/mol. The largest absolute Gasteiger partial charge is 0.224 e. The zero-order valence-electron chi connectivity index (χ0n) is 18.1. The highest BCUT2D eigenvalue weighted by atomic mass is 17.2. The Hall–Kier alpha value is -2.16. The van der Waals surface area contributed by atoms with Gasteiger partial charge in [0, 0.05) is 0 Å². The molecule has 0 radical (unpaired) electrons. The molecule has 0 fully saturated rings. The third-order valence-electron chi connectivity index (χ3n) is 6.95. The molecular formula is C28H34O2. The summed E-state index contributed by atoms with van der Waals surface area (Å²) in [5.41, 5.74) is 4.69. The van der Waals surface area contributed by atoms with E-state index in [1.165, 1.54) is 22.3 Å². The van der Waals surface area contributed by atoms with Gasteiger partial charge in [-0.25, -0.2) is 9.78 Å². The van der Waals surface area contributed by atoms with Crippen molar-refractivity contribution in [2.24, 2.45) is 0 Å². The molecule has 2 heteroatoms. The van der Waals surface area contributed by atoms with Crippen LogP contribution in [-0.2, 0) is 33.8 Å². The summed E-state index contributed by atoms with van der Waals surface area (Å²) in [5.74, 6) is 0. The summed E-state index contributed by atoms with van der Waals surface area (Å²) in [4.78, 5) is 13.2. The van der Waals surface area contributed by atoms with Crippen molar-refractivity contribution in [3.8, 4) is 0 Å². The molecule has 2 aromatic carbocycles. The molecule has 0 aliphatic heterocycles. The predicted molar refractivity (Wildman–Crippen MR) is 123 cm³/mol. The average Bonchev–Trinajstić information content (AvgIpc) is 3.33. The van der Waals surface area contributed by atoms with E-state index in [4.69, 9.17) is 9.78 Å². The van der Waals surface area contributed by atoms with Gasteiger partial charge in [-0.15, -0.1) is 13.2 Å². The van der Waals surface area contributed by atoms with E-state index in [1.807, 2.05) is 12.2 Å². The number of unbranched alkanes of at least 4 members (excludes halogenated alkanes) is 2. The molecule has 0 amide bonds. The molecule has 158 valence electrons. The van der Waals surface area contributed by atoms with Crippen molar-refractivity contribution in [2.45, 2.75) is 75.4 Å². The Bertz CT molecular complexity index is 812. The number of allylic oxidation sites excluding steroid dienone is 2. The molecule has 2 unspecified atom stereocenters. The number of hydrogen-bond donors (Lipinski definition) is 0. The lowest BCUT2D eigenvalue weighted by atomic mass is 9.89. The average molecular weight is 403 g/mol. The third-order valence-corrected chi connectivity index (χ3v) is 6.95. The molecule has 2 nitrogen and oxygen atoms in total. The SMILES string of the molecule is C=CCCCC1(OOC2(CCCC=C)CCc3ccccc32)CCc2ccccc21. The Morgan fingerprint density at radius 1 is 0.700 bits per heavy atom. The second kappa shape index (κ2) is 9.32. The zero-order valence-corrected chi connectivity index (χ0v) is 18.1. The zero-order chi connectivity index (χ0) is 20.9. The molecule has 0 aromatic heterocycles. The molecule has 2 atom stereocenters. The van der Waals surface area contributed by atoms with E-state index < -0.39 is 0 Å². The Morgan fingerprint density at radius 2 is 1.13 bits per heavy atom. The molecule has 0 heterocycles. The van der Waals surface area contributed by atoms with Gasteiger partial charge in [0.1, 0.15) is 11.2 Å². The summed E-state index contributed by atoms with van der Waals surface area (Å²) >= 11 is 0. The molecule has 2 aromatic rings. The van der Waals surface area contributed by atoms with Crippen LogP contribution in [0.4, 0.5) is 0 Å². The number of benzene rings is 2. The van der Waals surface area contributed by atoms with Crippen LogP contribution in [0.25, 0.3) is 0 Å². The molecule has 30 heavy (non-hydrogen) atoms. The maximum atomic E-state index is 6.58. The van der Waals surface area contributed by atoms with Crippen molar-refractivity contribution in [3.63, 3.8) is 0 Å². The summed E-state index contributed by atoms with van der Waals surface area (Å²) in [6, 6.07) is 17.4.